The molecule has 0 bridgehead atoms. The van der Waals surface area contributed by atoms with Gasteiger partial charge in [0, 0.05) is 9.86 Å². The van der Waals surface area contributed by atoms with Gasteiger partial charge in [-0.15, -0.1) is 0 Å². The SMILES string of the molecule is Cc1ccc(-c2cc(N)nc3ccc(Br)cc23)cc1. The third-order valence-electron chi connectivity index (χ3n) is 3.15. The number of anilines is 1. The molecule has 0 fully saturated rings. The molecule has 2 N–H and O–H groups in total. The molecule has 0 spiro atoms. The van der Waals surface area contributed by atoms with Gasteiger partial charge in [0.05, 0.1) is 5.52 Å². The Kier molecular flexibility index (Phi) is 2.99. The molecule has 94 valence electrons. The number of nitrogens with zero attached hydrogens (tertiary/aromatic N) is 1. The molecular weight excluding hydrogens is 300 g/mol. The Bertz CT molecular complexity index is 749. The lowest BCUT2D eigenvalue weighted by atomic mass is 10.00. The fourth-order valence-electron chi connectivity index (χ4n) is 2.19. The minimum atomic E-state index is 0.547. The molecule has 2 nitrogen and oxygen atoms in total. The molecule has 0 unspecified atom stereocenters. The van der Waals surface area contributed by atoms with Gasteiger partial charge in [0.1, 0.15) is 5.82 Å². The van der Waals surface area contributed by atoms with Gasteiger partial charge in [-0.3, -0.25) is 0 Å². The maximum Gasteiger partial charge on any atom is 0.124 e. The lowest BCUT2D eigenvalue weighted by molar-refractivity contribution is 1.41. The van der Waals surface area contributed by atoms with Crippen molar-refractivity contribution >= 4 is 32.7 Å². The summed E-state index contributed by atoms with van der Waals surface area (Å²) in [6.45, 7) is 2.08. The highest BCUT2D eigenvalue weighted by Gasteiger charge is 2.07. The first-order valence-corrected chi connectivity index (χ1v) is 6.85. The molecule has 3 heteroatoms. The number of hydrogen-bond acceptors (Lipinski definition) is 2. The number of hydrogen-bond donors (Lipinski definition) is 1. The summed E-state index contributed by atoms with van der Waals surface area (Å²) in [5.41, 5.74) is 10.3. The van der Waals surface area contributed by atoms with E-state index in [0.29, 0.717) is 5.82 Å². The van der Waals surface area contributed by atoms with E-state index >= 15 is 0 Å². The van der Waals surface area contributed by atoms with Crippen molar-refractivity contribution in [1.29, 1.82) is 0 Å². The Hall–Kier alpha value is -1.87. The molecule has 0 atom stereocenters. The first-order valence-electron chi connectivity index (χ1n) is 6.06. The van der Waals surface area contributed by atoms with E-state index in [1.165, 1.54) is 5.56 Å². The van der Waals surface area contributed by atoms with Crippen LogP contribution in [0.5, 0.6) is 0 Å². The fourth-order valence-corrected chi connectivity index (χ4v) is 2.55. The van der Waals surface area contributed by atoms with Crippen LogP contribution in [0.15, 0.2) is 53.0 Å². The second-order valence-electron chi connectivity index (χ2n) is 4.62. The van der Waals surface area contributed by atoms with E-state index in [2.05, 4.69) is 58.2 Å². The molecule has 3 rings (SSSR count). The normalized spacial score (nSPS) is 10.8. The van der Waals surface area contributed by atoms with Gasteiger partial charge in [-0.05, 0) is 42.3 Å². The van der Waals surface area contributed by atoms with Gasteiger partial charge < -0.3 is 5.73 Å². The standard InChI is InChI=1S/C16H13BrN2/c1-10-2-4-11(5-3-10)13-9-16(18)19-15-7-6-12(17)8-14(13)15/h2-9H,1H3,(H2,18,19). The molecule has 0 saturated heterocycles. The summed E-state index contributed by atoms with van der Waals surface area (Å²) in [5, 5.41) is 1.10. The Morgan fingerprint density at radius 2 is 1.74 bits per heavy atom. The number of benzene rings is 2. The van der Waals surface area contributed by atoms with Crippen molar-refractivity contribution in [3.05, 3.63) is 58.6 Å². The van der Waals surface area contributed by atoms with Crippen LogP contribution in [0.3, 0.4) is 0 Å². The summed E-state index contributed by atoms with van der Waals surface area (Å²) in [5.74, 6) is 0.547. The largest absolute Gasteiger partial charge is 0.384 e. The van der Waals surface area contributed by atoms with E-state index in [1.807, 2.05) is 18.2 Å². The highest BCUT2D eigenvalue weighted by Crippen LogP contribution is 2.31. The van der Waals surface area contributed by atoms with Gasteiger partial charge in [-0.1, -0.05) is 45.8 Å². The zero-order chi connectivity index (χ0) is 13.4. The third-order valence-corrected chi connectivity index (χ3v) is 3.65. The van der Waals surface area contributed by atoms with E-state index in [9.17, 15) is 0 Å². The quantitative estimate of drug-likeness (QED) is 0.715. The van der Waals surface area contributed by atoms with Crippen LogP contribution in [-0.2, 0) is 0 Å². The van der Waals surface area contributed by atoms with Gasteiger partial charge in [0.25, 0.3) is 0 Å². The summed E-state index contributed by atoms with van der Waals surface area (Å²) in [7, 11) is 0. The van der Waals surface area contributed by atoms with Crippen molar-refractivity contribution in [3.8, 4) is 11.1 Å². The van der Waals surface area contributed by atoms with E-state index in [-0.39, 0.29) is 0 Å². The maximum atomic E-state index is 5.91. The van der Waals surface area contributed by atoms with Crippen molar-refractivity contribution in [2.75, 3.05) is 5.73 Å². The van der Waals surface area contributed by atoms with Crippen molar-refractivity contribution in [3.63, 3.8) is 0 Å². The lowest BCUT2D eigenvalue weighted by Crippen LogP contribution is -1.93. The average molecular weight is 313 g/mol. The lowest BCUT2D eigenvalue weighted by Gasteiger charge is -2.09. The van der Waals surface area contributed by atoms with Crippen LogP contribution in [0.1, 0.15) is 5.56 Å². The van der Waals surface area contributed by atoms with Crippen molar-refractivity contribution in [2.45, 2.75) is 6.92 Å². The van der Waals surface area contributed by atoms with E-state index in [4.69, 9.17) is 5.73 Å². The monoisotopic (exact) mass is 312 g/mol. The van der Waals surface area contributed by atoms with Gasteiger partial charge >= 0.3 is 0 Å². The van der Waals surface area contributed by atoms with Gasteiger partial charge in [0.2, 0.25) is 0 Å². The van der Waals surface area contributed by atoms with Crippen LogP contribution < -0.4 is 5.73 Å². The molecule has 19 heavy (non-hydrogen) atoms. The third kappa shape index (κ3) is 2.34. The number of aromatic nitrogens is 1. The number of rotatable bonds is 1. The number of halogens is 1. The van der Waals surface area contributed by atoms with E-state index in [1.54, 1.807) is 0 Å². The molecule has 0 radical (unpaired) electrons. The summed E-state index contributed by atoms with van der Waals surface area (Å²) < 4.78 is 1.04. The number of aryl methyl sites for hydroxylation is 1. The van der Waals surface area contributed by atoms with Crippen LogP contribution in [0, 0.1) is 6.92 Å². The molecule has 0 aliphatic rings. The topological polar surface area (TPSA) is 38.9 Å². The smallest absolute Gasteiger partial charge is 0.124 e. The summed E-state index contributed by atoms with van der Waals surface area (Å²) in [4.78, 5) is 4.38. The Labute approximate surface area is 120 Å². The first-order chi connectivity index (χ1) is 9.13. The molecule has 0 aliphatic heterocycles. The predicted molar refractivity (Wildman–Crippen MR) is 84.0 cm³/mol. The Balaban J connectivity index is 2.32. The highest BCUT2D eigenvalue weighted by atomic mass is 79.9. The van der Waals surface area contributed by atoms with Crippen molar-refractivity contribution in [2.24, 2.45) is 0 Å². The number of nitrogens with two attached hydrogens (primary N) is 1. The predicted octanol–water partition coefficient (Wildman–Crippen LogP) is 4.55. The molecule has 0 aliphatic carbocycles. The number of pyridine rings is 1. The summed E-state index contributed by atoms with van der Waals surface area (Å²) in [6.07, 6.45) is 0. The van der Waals surface area contributed by atoms with E-state index in [0.717, 1.165) is 26.5 Å². The second kappa shape index (κ2) is 4.67. The van der Waals surface area contributed by atoms with Crippen LogP contribution in [0.2, 0.25) is 0 Å². The minimum Gasteiger partial charge on any atom is -0.384 e. The number of nitrogen functional groups attached to an aromatic ring is 1. The maximum absolute atomic E-state index is 5.91. The molecule has 1 heterocycles. The van der Waals surface area contributed by atoms with Gasteiger partial charge in [-0.2, -0.15) is 0 Å². The molecule has 2 aromatic carbocycles. The molecule has 0 amide bonds. The second-order valence-corrected chi connectivity index (χ2v) is 5.54. The molecular formula is C16H13BrN2. The van der Waals surface area contributed by atoms with Crippen molar-refractivity contribution in [1.82, 2.24) is 4.98 Å². The summed E-state index contributed by atoms with van der Waals surface area (Å²) in [6, 6.07) is 16.4. The van der Waals surface area contributed by atoms with Gasteiger partial charge in [0.15, 0.2) is 0 Å². The highest BCUT2D eigenvalue weighted by molar-refractivity contribution is 9.10. The Morgan fingerprint density at radius 1 is 1.00 bits per heavy atom. The molecule has 1 aromatic heterocycles. The van der Waals surface area contributed by atoms with E-state index < -0.39 is 0 Å². The first kappa shape index (κ1) is 12.2. The van der Waals surface area contributed by atoms with Crippen LogP contribution >= 0.6 is 15.9 Å². The zero-order valence-corrected chi connectivity index (χ0v) is 12.1. The van der Waals surface area contributed by atoms with Gasteiger partial charge in [-0.25, -0.2) is 4.98 Å². The molecule has 3 aromatic rings. The Morgan fingerprint density at radius 3 is 2.47 bits per heavy atom. The van der Waals surface area contributed by atoms with Crippen LogP contribution in [-0.4, -0.2) is 4.98 Å². The number of fused-ring (bicyclic) bond motifs is 1. The minimum absolute atomic E-state index is 0.547. The van der Waals surface area contributed by atoms with Crippen molar-refractivity contribution < 1.29 is 0 Å². The zero-order valence-electron chi connectivity index (χ0n) is 10.5. The van der Waals surface area contributed by atoms with Crippen LogP contribution in [0.25, 0.3) is 22.0 Å². The fraction of sp³-hybridized carbons (Fsp3) is 0.0625. The molecule has 0 saturated carbocycles. The average Bonchev–Trinajstić information content (AvgIpc) is 2.39. The van der Waals surface area contributed by atoms with Crippen LogP contribution in [0.4, 0.5) is 5.82 Å². The summed E-state index contributed by atoms with van der Waals surface area (Å²) >= 11 is 3.51.